The first-order valence-electron chi connectivity index (χ1n) is 7.40. The number of aliphatic hydroxyl groups is 1. The number of halogens is 3. The van der Waals surface area contributed by atoms with E-state index in [9.17, 15) is 18.0 Å². The molecule has 0 bridgehead atoms. The van der Waals surface area contributed by atoms with E-state index in [1.54, 1.807) is 0 Å². The van der Waals surface area contributed by atoms with Crippen LogP contribution in [0.2, 0.25) is 0 Å². The first-order chi connectivity index (χ1) is 10.9. The highest BCUT2D eigenvalue weighted by Crippen LogP contribution is 2.31. The van der Waals surface area contributed by atoms with E-state index in [0.29, 0.717) is 24.4 Å². The zero-order chi connectivity index (χ0) is 16.9. The van der Waals surface area contributed by atoms with Gasteiger partial charge in [-0.05, 0) is 19.4 Å². The number of aliphatic hydroxyl groups excluding tert-OH is 1. The summed E-state index contributed by atoms with van der Waals surface area (Å²) in [5.41, 5.74) is 0. The third-order valence-corrected chi connectivity index (χ3v) is 4.67. The average molecular weight is 352 g/mol. The highest BCUT2D eigenvalue weighted by atomic mass is 32.1. The lowest BCUT2D eigenvalue weighted by molar-refractivity contribution is -0.138. The van der Waals surface area contributed by atoms with Crippen LogP contribution in [-0.4, -0.2) is 58.9 Å². The van der Waals surface area contributed by atoms with Crippen molar-refractivity contribution in [3.63, 3.8) is 0 Å². The van der Waals surface area contributed by atoms with Crippen LogP contribution >= 0.6 is 11.3 Å². The first kappa shape index (κ1) is 18.1. The molecule has 0 radical (unpaired) electrons. The lowest BCUT2D eigenvalue weighted by Gasteiger charge is -2.31. The molecule has 2 rings (SSSR count). The normalized spacial score (nSPS) is 19.7. The number of hydrogen-bond acceptors (Lipinski definition) is 6. The molecule has 10 heteroatoms. The Kier molecular flexibility index (Phi) is 6.31. The third-order valence-electron chi connectivity index (χ3n) is 3.64. The summed E-state index contributed by atoms with van der Waals surface area (Å²) in [6.45, 7) is 2.32. The molecule has 1 fully saturated rings. The maximum absolute atomic E-state index is 12.4. The zero-order valence-electron chi connectivity index (χ0n) is 12.5. The van der Waals surface area contributed by atoms with E-state index in [4.69, 9.17) is 5.11 Å². The van der Waals surface area contributed by atoms with Gasteiger partial charge in [0.05, 0.1) is 12.5 Å². The minimum Gasteiger partial charge on any atom is -0.395 e. The third kappa shape index (κ3) is 5.40. The number of carbonyl (C=O) groups is 1. The number of piperidine rings is 1. The van der Waals surface area contributed by atoms with Gasteiger partial charge < -0.3 is 15.3 Å². The monoisotopic (exact) mass is 352 g/mol. The van der Waals surface area contributed by atoms with Crippen LogP contribution in [-0.2, 0) is 17.4 Å². The van der Waals surface area contributed by atoms with Crippen LogP contribution in [0.5, 0.6) is 0 Å². The topological polar surface area (TPSA) is 78.4 Å². The second kappa shape index (κ2) is 8.02. The van der Waals surface area contributed by atoms with E-state index >= 15 is 0 Å². The lowest BCUT2D eigenvalue weighted by atomic mass is 9.97. The van der Waals surface area contributed by atoms with Crippen LogP contribution in [0.25, 0.3) is 0 Å². The molecule has 0 aromatic carbocycles. The van der Waals surface area contributed by atoms with Crippen LogP contribution in [0.1, 0.15) is 22.9 Å². The Bertz CT molecular complexity index is 522. The summed E-state index contributed by atoms with van der Waals surface area (Å²) in [7, 11) is 0. The summed E-state index contributed by atoms with van der Waals surface area (Å²) in [5.74, 6) is -0.247. The van der Waals surface area contributed by atoms with Gasteiger partial charge in [0.15, 0.2) is 0 Å². The van der Waals surface area contributed by atoms with Gasteiger partial charge in [-0.1, -0.05) is 11.3 Å². The van der Waals surface area contributed by atoms with Crippen molar-refractivity contribution in [3.05, 3.63) is 10.0 Å². The fourth-order valence-corrected chi connectivity index (χ4v) is 3.23. The standard InChI is InChI=1S/C13H19F3N4O2S/c14-13(15,16)12-19-18-10(23-12)3-4-17-11(22)9-2-1-5-20(8-9)6-7-21/h9,21H,1-8H2,(H,17,22). The second-order valence-electron chi connectivity index (χ2n) is 5.40. The van der Waals surface area contributed by atoms with Gasteiger partial charge in [-0.2, -0.15) is 13.2 Å². The van der Waals surface area contributed by atoms with Crippen LogP contribution < -0.4 is 5.32 Å². The van der Waals surface area contributed by atoms with Crippen molar-refractivity contribution in [1.29, 1.82) is 0 Å². The number of β-amino-alcohol motifs (C(OH)–C–C–N with tert-alkyl or cyclic N) is 1. The molecule has 1 aromatic heterocycles. The maximum Gasteiger partial charge on any atom is 0.445 e. The summed E-state index contributed by atoms with van der Waals surface area (Å²) in [4.78, 5) is 14.1. The molecule has 1 aliphatic heterocycles. The molecule has 0 saturated carbocycles. The molecule has 0 aliphatic carbocycles. The Morgan fingerprint density at radius 1 is 1.43 bits per heavy atom. The number of rotatable bonds is 6. The minimum atomic E-state index is -4.47. The Labute approximate surface area is 135 Å². The second-order valence-corrected chi connectivity index (χ2v) is 6.47. The fraction of sp³-hybridized carbons (Fsp3) is 0.769. The summed E-state index contributed by atoms with van der Waals surface area (Å²) < 4.78 is 37.2. The van der Waals surface area contributed by atoms with Gasteiger partial charge in [0.25, 0.3) is 0 Å². The van der Waals surface area contributed by atoms with Gasteiger partial charge in [0, 0.05) is 26.1 Å². The number of aromatic nitrogens is 2. The van der Waals surface area contributed by atoms with Gasteiger partial charge in [0.2, 0.25) is 10.9 Å². The molecule has 1 unspecified atom stereocenters. The van der Waals surface area contributed by atoms with E-state index in [2.05, 4.69) is 15.5 Å². The summed E-state index contributed by atoms with van der Waals surface area (Å²) in [6, 6.07) is 0. The van der Waals surface area contributed by atoms with Gasteiger partial charge in [-0.3, -0.25) is 4.79 Å². The van der Waals surface area contributed by atoms with E-state index in [1.807, 2.05) is 4.90 Å². The molecule has 1 saturated heterocycles. The highest BCUT2D eigenvalue weighted by Gasteiger charge is 2.35. The first-order valence-corrected chi connectivity index (χ1v) is 8.22. The highest BCUT2D eigenvalue weighted by molar-refractivity contribution is 7.11. The summed E-state index contributed by atoms with van der Waals surface area (Å²) in [6.07, 6.45) is -2.57. The average Bonchev–Trinajstić information content (AvgIpc) is 2.97. The SMILES string of the molecule is O=C(NCCc1nnc(C(F)(F)F)s1)C1CCCN(CCO)C1. The molecule has 2 N–H and O–H groups in total. The smallest absolute Gasteiger partial charge is 0.395 e. The van der Waals surface area contributed by atoms with Crippen molar-refractivity contribution in [2.45, 2.75) is 25.4 Å². The quantitative estimate of drug-likeness (QED) is 0.796. The van der Waals surface area contributed by atoms with Crippen molar-refractivity contribution in [1.82, 2.24) is 20.4 Å². The van der Waals surface area contributed by atoms with Gasteiger partial charge in [-0.15, -0.1) is 10.2 Å². The zero-order valence-corrected chi connectivity index (χ0v) is 13.3. The van der Waals surface area contributed by atoms with Crippen LogP contribution in [0.15, 0.2) is 0 Å². The number of nitrogens with zero attached hydrogens (tertiary/aromatic N) is 3. The number of alkyl halides is 3. The molecular formula is C13H19F3N4O2S. The number of carbonyl (C=O) groups excluding carboxylic acids is 1. The van der Waals surface area contributed by atoms with E-state index in [1.165, 1.54) is 0 Å². The van der Waals surface area contributed by atoms with Crippen LogP contribution in [0, 0.1) is 5.92 Å². The molecule has 23 heavy (non-hydrogen) atoms. The largest absolute Gasteiger partial charge is 0.445 e. The predicted molar refractivity (Wildman–Crippen MR) is 77.9 cm³/mol. The number of amides is 1. The fourth-order valence-electron chi connectivity index (χ4n) is 2.52. The van der Waals surface area contributed by atoms with E-state index in [0.717, 1.165) is 19.4 Å². The Balaban J connectivity index is 1.75. The minimum absolute atomic E-state index is 0.0624. The number of nitrogens with one attached hydrogen (secondary N) is 1. The van der Waals surface area contributed by atoms with E-state index < -0.39 is 11.2 Å². The van der Waals surface area contributed by atoms with Crippen LogP contribution in [0.3, 0.4) is 0 Å². The van der Waals surface area contributed by atoms with Crippen molar-refractivity contribution in [2.75, 3.05) is 32.8 Å². The van der Waals surface area contributed by atoms with Crippen molar-refractivity contribution >= 4 is 17.2 Å². The molecule has 1 amide bonds. The maximum atomic E-state index is 12.4. The molecule has 6 nitrogen and oxygen atoms in total. The van der Waals surface area contributed by atoms with E-state index in [-0.39, 0.29) is 36.4 Å². The number of hydrogen-bond donors (Lipinski definition) is 2. The Morgan fingerprint density at radius 3 is 2.87 bits per heavy atom. The van der Waals surface area contributed by atoms with Crippen molar-refractivity contribution < 1.29 is 23.1 Å². The molecule has 1 aliphatic rings. The molecular weight excluding hydrogens is 333 g/mol. The van der Waals surface area contributed by atoms with Crippen molar-refractivity contribution in [3.8, 4) is 0 Å². The molecule has 2 heterocycles. The molecule has 130 valence electrons. The molecule has 1 atom stereocenters. The molecule has 1 aromatic rings. The summed E-state index contributed by atoms with van der Waals surface area (Å²) >= 11 is 0.500. The molecule has 0 spiro atoms. The lowest BCUT2D eigenvalue weighted by Crippen LogP contribution is -2.44. The van der Waals surface area contributed by atoms with Crippen LogP contribution in [0.4, 0.5) is 13.2 Å². The van der Waals surface area contributed by atoms with Gasteiger partial charge in [0.1, 0.15) is 5.01 Å². The Morgan fingerprint density at radius 2 is 2.22 bits per heavy atom. The summed E-state index contributed by atoms with van der Waals surface area (Å²) in [5, 5.41) is 17.6. The Hall–Kier alpha value is -1.26. The van der Waals surface area contributed by atoms with Gasteiger partial charge in [-0.25, -0.2) is 0 Å². The number of likely N-dealkylation sites (tertiary alicyclic amines) is 1. The van der Waals surface area contributed by atoms with Crippen molar-refractivity contribution in [2.24, 2.45) is 5.92 Å². The van der Waals surface area contributed by atoms with Gasteiger partial charge >= 0.3 is 6.18 Å². The predicted octanol–water partition coefficient (Wildman–Crippen LogP) is 0.920.